The summed E-state index contributed by atoms with van der Waals surface area (Å²) in [6.45, 7) is 3.87. The Hall–Kier alpha value is -3.14. The van der Waals surface area contributed by atoms with Crippen molar-refractivity contribution in [3.8, 4) is 0 Å². The summed E-state index contributed by atoms with van der Waals surface area (Å²) in [5.74, 6) is 1.05. The van der Waals surface area contributed by atoms with Crippen molar-refractivity contribution in [3.05, 3.63) is 78.0 Å². The van der Waals surface area contributed by atoms with Crippen LogP contribution in [0, 0.1) is 6.92 Å². The minimum Gasteiger partial charge on any atom is -0.352 e. The van der Waals surface area contributed by atoms with E-state index in [1.54, 1.807) is 0 Å². The highest BCUT2D eigenvalue weighted by molar-refractivity contribution is 5.92. The van der Waals surface area contributed by atoms with E-state index >= 15 is 0 Å². The van der Waals surface area contributed by atoms with Gasteiger partial charge in [-0.15, -0.1) is 0 Å². The van der Waals surface area contributed by atoms with Crippen LogP contribution in [0.5, 0.6) is 0 Å². The largest absolute Gasteiger partial charge is 0.352 e. The van der Waals surface area contributed by atoms with Crippen molar-refractivity contribution in [1.29, 1.82) is 0 Å². The molecule has 4 aromatic rings. The fourth-order valence-electron chi connectivity index (χ4n) is 3.78. The molecule has 0 spiro atoms. The fourth-order valence-corrected chi connectivity index (χ4v) is 3.78. The third kappa shape index (κ3) is 2.46. The van der Waals surface area contributed by atoms with E-state index in [0.717, 1.165) is 47.6 Å². The Morgan fingerprint density at radius 1 is 0.962 bits per heavy atom. The molecule has 128 valence electrons. The van der Waals surface area contributed by atoms with E-state index in [4.69, 9.17) is 4.98 Å². The van der Waals surface area contributed by atoms with Gasteiger partial charge in [0.25, 0.3) is 0 Å². The van der Waals surface area contributed by atoms with Crippen LogP contribution in [0.2, 0.25) is 0 Å². The Morgan fingerprint density at radius 2 is 1.77 bits per heavy atom. The highest BCUT2D eigenvalue weighted by Gasteiger charge is 2.18. The number of aryl methyl sites for hydroxylation is 1. The topological polar surface area (TPSA) is 33.4 Å². The normalized spacial score (nSPS) is 14.8. The molecular formula is C22H20N4. The van der Waals surface area contributed by atoms with Gasteiger partial charge in [0.15, 0.2) is 5.65 Å². The average Bonchev–Trinajstić information content (AvgIpc) is 3.09. The lowest BCUT2D eigenvalue weighted by molar-refractivity contribution is 0.818. The quantitative estimate of drug-likeness (QED) is 0.539. The van der Waals surface area contributed by atoms with Crippen molar-refractivity contribution in [2.45, 2.75) is 13.3 Å². The van der Waals surface area contributed by atoms with Crippen LogP contribution in [-0.2, 0) is 0 Å². The molecule has 0 saturated carbocycles. The van der Waals surface area contributed by atoms with Crippen LogP contribution < -0.4 is 4.90 Å². The zero-order valence-corrected chi connectivity index (χ0v) is 14.8. The van der Waals surface area contributed by atoms with Gasteiger partial charge in [-0.25, -0.2) is 9.50 Å². The Balaban J connectivity index is 1.58. The molecule has 2 aromatic heterocycles. The van der Waals surface area contributed by atoms with Gasteiger partial charge < -0.3 is 4.90 Å². The highest BCUT2D eigenvalue weighted by Crippen LogP contribution is 2.30. The van der Waals surface area contributed by atoms with Gasteiger partial charge in [-0.05, 0) is 36.6 Å². The number of hydrogen-bond acceptors (Lipinski definition) is 3. The van der Waals surface area contributed by atoms with Crippen molar-refractivity contribution in [3.63, 3.8) is 0 Å². The maximum absolute atomic E-state index is 4.94. The molecular weight excluding hydrogens is 320 g/mol. The Labute approximate surface area is 152 Å². The lowest BCUT2D eigenvalue weighted by atomic mass is 9.99. The summed E-state index contributed by atoms with van der Waals surface area (Å²) in [5.41, 5.74) is 5.76. The number of rotatable bonds is 2. The molecule has 1 aliphatic heterocycles. The molecule has 26 heavy (non-hydrogen) atoms. The predicted molar refractivity (Wildman–Crippen MR) is 106 cm³/mol. The molecule has 0 radical (unpaired) electrons. The first-order valence-corrected chi connectivity index (χ1v) is 9.04. The van der Waals surface area contributed by atoms with E-state index in [1.807, 2.05) is 17.5 Å². The predicted octanol–water partition coefficient (Wildman–Crippen LogP) is 4.48. The summed E-state index contributed by atoms with van der Waals surface area (Å²) >= 11 is 0. The molecule has 0 unspecified atom stereocenters. The van der Waals surface area contributed by atoms with Crippen LogP contribution in [-0.4, -0.2) is 27.7 Å². The average molecular weight is 340 g/mol. The van der Waals surface area contributed by atoms with Gasteiger partial charge >= 0.3 is 0 Å². The van der Waals surface area contributed by atoms with E-state index in [-0.39, 0.29) is 0 Å². The van der Waals surface area contributed by atoms with E-state index in [2.05, 4.69) is 70.7 Å². The van der Waals surface area contributed by atoms with Gasteiger partial charge in [-0.2, -0.15) is 5.10 Å². The molecule has 3 heterocycles. The zero-order valence-electron chi connectivity index (χ0n) is 14.8. The Morgan fingerprint density at radius 3 is 2.58 bits per heavy atom. The molecule has 0 atom stereocenters. The molecule has 4 nitrogen and oxygen atoms in total. The van der Waals surface area contributed by atoms with Crippen molar-refractivity contribution >= 4 is 27.9 Å². The molecule has 0 N–H and O–H groups in total. The smallest absolute Gasteiger partial charge is 0.158 e. The summed E-state index contributed by atoms with van der Waals surface area (Å²) in [7, 11) is 0. The summed E-state index contributed by atoms with van der Waals surface area (Å²) < 4.78 is 1.95. The molecule has 0 fully saturated rings. The monoisotopic (exact) mass is 340 g/mol. The second-order valence-electron chi connectivity index (χ2n) is 6.80. The lowest BCUT2D eigenvalue weighted by Crippen LogP contribution is -2.29. The first-order chi connectivity index (χ1) is 12.8. The number of aromatic nitrogens is 3. The minimum atomic E-state index is 0.879. The van der Waals surface area contributed by atoms with Crippen molar-refractivity contribution in [2.24, 2.45) is 0 Å². The Bertz CT molecular complexity index is 1130. The van der Waals surface area contributed by atoms with E-state index in [0.29, 0.717) is 0 Å². The minimum absolute atomic E-state index is 0.879. The van der Waals surface area contributed by atoms with Crippen molar-refractivity contribution < 1.29 is 0 Å². The number of fused-ring (bicyclic) bond motifs is 3. The van der Waals surface area contributed by atoms with E-state index in [1.165, 1.54) is 11.1 Å². The van der Waals surface area contributed by atoms with Crippen molar-refractivity contribution in [1.82, 2.24) is 14.6 Å². The van der Waals surface area contributed by atoms with Gasteiger partial charge in [0, 0.05) is 24.5 Å². The number of nitrogens with zero attached hydrogens (tertiary/aromatic N) is 4. The molecule has 0 saturated heterocycles. The van der Waals surface area contributed by atoms with Crippen LogP contribution in [0.4, 0.5) is 5.82 Å². The molecule has 5 rings (SSSR count). The second kappa shape index (κ2) is 5.99. The summed E-state index contributed by atoms with van der Waals surface area (Å²) in [6, 6.07) is 21.1. The highest BCUT2D eigenvalue weighted by atomic mass is 15.3. The summed E-state index contributed by atoms with van der Waals surface area (Å²) in [4.78, 5) is 7.31. The van der Waals surface area contributed by atoms with Crippen LogP contribution in [0.3, 0.4) is 0 Å². The van der Waals surface area contributed by atoms with Gasteiger partial charge in [-0.1, -0.05) is 48.5 Å². The molecule has 4 heteroatoms. The molecule has 1 aliphatic rings. The lowest BCUT2D eigenvalue weighted by Gasteiger charge is -2.28. The van der Waals surface area contributed by atoms with Crippen LogP contribution >= 0.6 is 0 Å². The van der Waals surface area contributed by atoms with Gasteiger partial charge in [-0.3, -0.25) is 0 Å². The van der Waals surface area contributed by atoms with E-state index < -0.39 is 0 Å². The van der Waals surface area contributed by atoms with Crippen LogP contribution in [0.15, 0.2) is 66.7 Å². The van der Waals surface area contributed by atoms with Gasteiger partial charge in [0.1, 0.15) is 5.82 Å². The Kier molecular flexibility index (Phi) is 3.49. The number of benzene rings is 2. The molecule has 0 aliphatic carbocycles. The summed E-state index contributed by atoms with van der Waals surface area (Å²) in [6.07, 6.45) is 3.37. The summed E-state index contributed by atoms with van der Waals surface area (Å²) in [5, 5.41) is 5.76. The van der Waals surface area contributed by atoms with E-state index in [9.17, 15) is 0 Å². The molecule has 0 bridgehead atoms. The van der Waals surface area contributed by atoms with Gasteiger partial charge in [0.2, 0.25) is 0 Å². The second-order valence-corrected chi connectivity index (χ2v) is 6.80. The number of para-hydroxylation sites is 1. The number of hydrogen-bond donors (Lipinski definition) is 0. The van der Waals surface area contributed by atoms with Gasteiger partial charge in [0.05, 0.1) is 11.2 Å². The zero-order chi connectivity index (χ0) is 17.5. The third-order valence-electron chi connectivity index (χ3n) is 5.06. The maximum atomic E-state index is 4.94. The van der Waals surface area contributed by atoms with Crippen LogP contribution in [0.1, 0.15) is 17.7 Å². The molecule has 2 aromatic carbocycles. The fraction of sp³-hybridized carbons (Fsp3) is 0.182. The first kappa shape index (κ1) is 15.1. The standard InChI is InChI=1S/C22H20N4/c1-16-15-21-23-22(19-9-5-6-10-20(19)26(21)24-16)25-13-11-18(12-14-25)17-7-3-2-4-8-17/h2-11,15H,12-14H2,1H3. The van der Waals surface area contributed by atoms with Crippen molar-refractivity contribution in [2.75, 3.05) is 18.0 Å². The van der Waals surface area contributed by atoms with Crippen LogP contribution in [0.25, 0.3) is 22.1 Å². The first-order valence-electron chi connectivity index (χ1n) is 9.04. The maximum Gasteiger partial charge on any atom is 0.158 e. The number of anilines is 1. The SMILES string of the molecule is Cc1cc2nc(N3CC=C(c4ccccc4)CC3)c3ccccc3n2n1. The third-order valence-corrected chi connectivity index (χ3v) is 5.06. The molecule has 0 amide bonds.